The fraction of sp³-hybridized carbons (Fsp3) is 0.261. The molecule has 2 heterocycles. The Balaban J connectivity index is 1.72. The van der Waals surface area contributed by atoms with Gasteiger partial charge >= 0.3 is 0 Å². The second-order valence-corrected chi connectivity index (χ2v) is 7.17. The normalized spacial score (nSPS) is 11.2. The monoisotopic (exact) mass is 405 g/mol. The van der Waals surface area contributed by atoms with Crippen molar-refractivity contribution < 1.29 is 9.13 Å². The Labute approximate surface area is 174 Å². The number of ether oxygens (including phenoxy) is 1. The summed E-state index contributed by atoms with van der Waals surface area (Å²) in [6.07, 6.45) is 0.691. The molecule has 0 bridgehead atoms. The van der Waals surface area contributed by atoms with E-state index in [9.17, 15) is 4.39 Å². The zero-order valence-corrected chi connectivity index (χ0v) is 17.3. The number of hydrogen-bond acceptors (Lipinski definition) is 5. The van der Waals surface area contributed by atoms with Crippen LogP contribution in [0, 0.1) is 12.7 Å². The summed E-state index contributed by atoms with van der Waals surface area (Å²) in [7, 11) is 1.68. The highest BCUT2D eigenvalue weighted by molar-refractivity contribution is 5.97. The number of fused-ring (bicyclic) bond motifs is 1. The SMILES string of the molecule is CCc1nnc(-c2c(C)[nH]c3c(COC)cccc23)nc1NCc1cccc(F)c1. The number of nitrogens with zero attached hydrogens (tertiary/aromatic N) is 3. The van der Waals surface area contributed by atoms with Gasteiger partial charge in [0.1, 0.15) is 11.5 Å². The summed E-state index contributed by atoms with van der Waals surface area (Å²) in [5.74, 6) is 0.952. The lowest BCUT2D eigenvalue weighted by atomic mass is 10.1. The molecule has 6 nitrogen and oxygen atoms in total. The molecule has 2 N–H and O–H groups in total. The van der Waals surface area contributed by atoms with E-state index in [4.69, 9.17) is 9.72 Å². The van der Waals surface area contributed by atoms with Crippen LogP contribution in [0.4, 0.5) is 10.2 Å². The average Bonchev–Trinajstić information content (AvgIpc) is 3.09. The number of aromatic nitrogens is 4. The van der Waals surface area contributed by atoms with Gasteiger partial charge in [-0.25, -0.2) is 9.37 Å². The minimum absolute atomic E-state index is 0.257. The molecule has 7 heteroatoms. The fourth-order valence-electron chi connectivity index (χ4n) is 3.64. The number of rotatable bonds is 7. The van der Waals surface area contributed by atoms with Crippen molar-refractivity contribution in [3.63, 3.8) is 0 Å². The first-order valence-electron chi connectivity index (χ1n) is 9.92. The smallest absolute Gasteiger partial charge is 0.186 e. The second kappa shape index (κ2) is 8.59. The summed E-state index contributed by atoms with van der Waals surface area (Å²) in [4.78, 5) is 8.22. The average molecular weight is 405 g/mol. The second-order valence-electron chi connectivity index (χ2n) is 7.17. The molecule has 0 amide bonds. The van der Waals surface area contributed by atoms with Gasteiger partial charge in [0.25, 0.3) is 0 Å². The van der Waals surface area contributed by atoms with Crippen LogP contribution >= 0.6 is 0 Å². The van der Waals surface area contributed by atoms with Gasteiger partial charge < -0.3 is 15.0 Å². The Kier molecular flexibility index (Phi) is 5.72. The predicted octanol–water partition coefficient (Wildman–Crippen LogP) is 4.79. The lowest BCUT2D eigenvalue weighted by Gasteiger charge is -2.11. The van der Waals surface area contributed by atoms with Gasteiger partial charge in [0.15, 0.2) is 11.6 Å². The number of para-hydroxylation sites is 1. The van der Waals surface area contributed by atoms with E-state index in [-0.39, 0.29) is 5.82 Å². The Morgan fingerprint density at radius 2 is 1.97 bits per heavy atom. The van der Waals surface area contributed by atoms with E-state index < -0.39 is 0 Å². The van der Waals surface area contributed by atoms with Crippen LogP contribution in [0.5, 0.6) is 0 Å². The summed E-state index contributed by atoms with van der Waals surface area (Å²) in [5, 5.41) is 13.1. The fourth-order valence-corrected chi connectivity index (χ4v) is 3.64. The topological polar surface area (TPSA) is 75.7 Å². The minimum Gasteiger partial charge on any atom is -0.380 e. The largest absolute Gasteiger partial charge is 0.380 e. The van der Waals surface area contributed by atoms with Crippen LogP contribution < -0.4 is 5.32 Å². The van der Waals surface area contributed by atoms with Crippen molar-refractivity contribution in [2.45, 2.75) is 33.4 Å². The lowest BCUT2D eigenvalue weighted by Crippen LogP contribution is -2.09. The van der Waals surface area contributed by atoms with Crippen LogP contribution in [0.1, 0.15) is 29.4 Å². The minimum atomic E-state index is -0.257. The van der Waals surface area contributed by atoms with Crippen LogP contribution in [0.2, 0.25) is 0 Å². The molecule has 0 radical (unpaired) electrons. The zero-order chi connectivity index (χ0) is 21.1. The quantitative estimate of drug-likeness (QED) is 0.462. The first-order valence-corrected chi connectivity index (χ1v) is 9.92. The lowest BCUT2D eigenvalue weighted by molar-refractivity contribution is 0.186. The first kappa shape index (κ1) is 20.0. The van der Waals surface area contributed by atoms with Gasteiger partial charge in [0.2, 0.25) is 0 Å². The van der Waals surface area contributed by atoms with Crippen LogP contribution in [0.15, 0.2) is 42.5 Å². The van der Waals surface area contributed by atoms with Crippen LogP contribution in [0.3, 0.4) is 0 Å². The van der Waals surface area contributed by atoms with Crippen LogP contribution in [0.25, 0.3) is 22.3 Å². The molecule has 0 aliphatic rings. The first-order chi connectivity index (χ1) is 14.6. The Morgan fingerprint density at radius 3 is 2.73 bits per heavy atom. The summed E-state index contributed by atoms with van der Waals surface area (Å²) in [6.45, 7) is 4.98. The molecule has 4 aromatic rings. The van der Waals surface area contributed by atoms with Crippen molar-refractivity contribution in [3.8, 4) is 11.4 Å². The highest BCUT2D eigenvalue weighted by atomic mass is 19.1. The number of aryl methyl sites for hydroxylation is 2. The molecule has 2 aromatic carbocycles. The van der Waals surface area contributed by atoms with Crippen molar-refractivity contribution in [2.24, 2.45) is 0 Å². The van der Waals surface area contributed by atoms with Gasteiger partial charge in [-0.3, -0.25) is 0 Å². The van der Waals surface area contributed by atoms with E-state index in [1.165, 1.54) is 12.1 Å². The van der Waals surface area contributed by atoms with E-state index in [2.05, 4.69) is 20.5 Å². The number of H-pyrrole nitrogens is 1. The third-order valence-corrected chi connectivity index (χ3v) is 5.07. The van der Waals surface area contributed by atoms with Crippen LogP contribution in [-0.4, -0.2) is 27.3 Å². The van der Waals surface area contributed by atoms with E-state index in [0.29, 0.717) is 31.2 Å². The Morgan fingerprint density at radius 1 is 1.13 bits per heavy atom. The van der Waals surface area contributed by atoms with Gasteiger partial charge in [-0.05, 0) is 31.0 Å². The van der Waals surface area contributed by atoms with Crippen molar-refractivity contribution in [2.75, 3.05) is 12.4 Å². The zero-order valence-electron chi connectivity index (χ0n) is 17.3. The van der Waals surface area contributed by atoms with Crippen molar-refractivity contribution in [3.05, 3.63) is 70.8 Å². The summed E-state index contributed by atoms with van der Waals surface area (Å²) in [5.41, 5.74) is 5.59. The van der Waals surface area contributed by atoms with E-state index in [1.807, 2.05) is 38.1 Å². The third kappa shape index (κ3) is 3.89. The molecule has 154 valence electrons. The molecule has 0 unspecified atom stereocenters. The highest BCUT2D eigenvalue weighted by Gasteiger charge is 2.17. The number of aromatic amines is 1. The standard InChI is InChI=1S/C23H24FN5O/c1-4-19-22(25-12-15-7-5-9-17(24)11-15)27-23(29-28-19)20-14(2)26-21-16(13-30-3)8-6-10-18(20)21/h5-11,26H,4,12-13H2,1-3H3,(H,25,27,29). The van der Waals surface area contributed by atoms with Crippen molar-refractivity contribution >= 4 is 16.7 Å². The van der Waals surface area contributed by atoms with Gasteiger partial charge in [-0.1, -0.05) is 37.3 Å². The number of benzene rings is 2. The molecule has 30 heavy (non-hydrogen) atoms. The molecular formula is C23H24FN5O. The van der Waals surface area contributed by atoms with Gasteiger partial charge in [0, 0.05) is 35.9 Å². The summed E-state index contributed by atoms with van der Waals surface area (Å²) >= 11 is 0. The molecular weight excluding hydrogens is 381 g/mol. The number of hydrogen-bond donors (Lipinski definition) is 2. The summed E-state index contributed by atoms with van der Waals surface area (Å²) < 4.78 is 18.8. The van der Waals surface area contributed by atoms with E-state index >= 15 is 0 Å². The van der Waals surface area contributed by atoms with E-state index in [0.717, 1.165) is 39.0 Å². The molecule has 0 saturated heterocycles. The molecule has 0 saturated carbocycles. The maximum atomic E-state index is 13.5. The van der Waals surface area contributed by atoms with Crippen LogP contribution in [-0.2, 0) is 24.3 Å². The molecule has 4 rings (SSSR count). The van der Waals surface area contributed by atoms with Gasteiger partial charge in [0.05, 0.1) is 12.1 Å². The molecule has 0 spiro atoms. The Hall–Kier alpha value is -3.32. The molecule has 2 aromatic heterocycles. The number of methoxy groups -OCH3 is 1. The molecule has 0 aliphatic carbocycles. The molecule has 0 aliphatic heterocycles. The number of anilines is 1. The van der Waals surface area contributed by atoms with E-state index in [1.54, 1.807) is 13.2 Å². The number of nitrogens with one attached hydrogen (secondary N) is 2. The molecule has 0 fully saturated rings. The van der Waals surface area contributed by atoms with Crippen molar-refractivity contribution in [1.29, 1.82) is 0 Å². The third-order valence-electron chi connectivity index (χ3n) is 5.07. The summed E-state index contributed by atoms with van der Waals surface area (Å²) in [6, 6.07) is 12.6. The predicted molar refractivity (Wildman–Crippen MR) is 116 cm³/mol. The van der Waals surface area contributed by atoms with Gasteiger partial charge in [-0.15, -0.1) is 10.2 Å². The maximum absolute atomic E-state index is 13.5. The number of halogens is 1. The highest BCUT2D eigenvalue weighted by Crippen LogP contribution is 2.32. The van der Waals surface area contributed by atoms with Crippen molar-refractivity contribution in [1.82, 2.24) is 20.2 Å². The maximum Gasteiger partial charge on any atom is 0.186 e. The molecule has 0 atom stereocenters. The Bertz CT molecular complexity index is 1190. The van der Waals surface area contributed by atoms with Gasteiger partial charge in [-0.2, -0.15) is 0 Å².